The van der Waals surface area contributed by atoms with Crippen molar-refractivity contribution in [1.29, 1.82) is 5.26 Å². The molecule has 1 aliphatic heterocycles. The average Bonchev–Trinajstić information content (AvgIpc) is 3.21. The quantitative estimate of drug-likeness (QED) is 0.855. The topological polar surface area (TPSA) is 87.1 Å². The second-order valence-corrected chi connectivity index (χ2v) is 8.89. The van der Waals surface area contributed by atoms with Crippen molar-refractivity contribution in [3.63, 3.8) is 0 Å². The van der Waals surface area contributed by atoms with Crippen LogP contribution in [0.2, 0.25) is 0 Å². The smallest absolute Gasteiger partial charge is 0.269 e. The van der Waals surface area contributed by atoms with E-state index in [1.807, 2.05) is 0 Å². The molecule has 138 valence electrons. The summed E-state index contributed by atoms with van der Waals surface area (Å²) in [4.78, 5) is 16.3. The van der Waals surface area contributed by atoms with Gasteiger partial charge < -0.3 is 19.8 Å². The van der Waals surface area contributed by atoms with Crippen molar-refractivity contribution in [2.24, 2.45) is 17.8 Å². The molecule has 27 heavy (non-hydrogen) atoms. The van der Waals surface area contributed by atoms with Gasteiger partial charge in [-0.25, -0.2) is 0 Å². The van der Waals surface area contributed by atoms with E-state index in [-0.39, 0.29) is 18.2 Å². The molecule has 4 aliphatic carbocycles. The molecular weight excluding hydrogens is 342 g/mol. The lowest BCUT2D eigenvalue weighted by molar-refractivity contribution is -0.0167. The molecule has 6 nitrogen and oxygen atoms in total. The number of hydrogen-bond acceptors (Lipinski definition) is 4. The van der Waals surface area contributed by atoms with Gasteiger partial charge in [0.25, 0.3) is 5.91 Å². The van der Waals surface area contributed by atoms with Gasteiger partial charge in [-0.3, -0.25) is 4.79 Å². The van der Waals surface area contributed by atoms with Crippen LogP contribution in [0.5, 0.6) is 11.5 Å². The second-order valence-electron chi connectivity index (χ2n) is 8.89. The standard InChI is InChI=1S/C21H21N3O3/c22-9-15-14-4-17-18(27-10-26-17)5-16(14)23-19(15)20(25)24-21-6-11-1-12(7-21)3-13(2-11)8-21/h4-5,11-13,23H,1-3,6-8,10H2,(H,24,25). The van der Waals surface area contributed by atoms with Gasteiger partial charge in [-0.15, -0.1) is 0 Å². The fourth-order valence-electron chi connectivity index (χ4n) is 6.44. The number of fused-ring (bicyclic) bond motifs is 2. The Morgan fingerprint density at radius 1 is 1.11 bits per heavy atom. The van der Waals surface area contributed by atoms with Gasteiger partial charge in [-0.1, -0.05) is 0 Å². The Morgan fingerprint density at radius 3 is 2.37 bits per heavy atom. The van der Waals surface area contributed by atoms with E-state index in [0.717, 1.165) is 42.5 Å². The monoisotopic (exact) mass is 363 g/mol. The molecule has 1 aromatic heterocycles. The van der Waals surface area contributed by atoms with Crippen molar-refractivity contribution in [2.45, 2.75) is 44.1 Å². The first-order chi connectivity index (χ1) is 13.1. The first kappa shape index (κ1) is 15.4. The minimum absolute atomic E-state index is 0.0795. The fraction of sp³-hybridized carbons (Fsp3) is 0.524. The second kappa shape index (κ2) is 5.19. The summed E-state index contributed by atoms with van der Waals surface area (Å²) >= 11 is 0. The van der Waals surface area contributed by atoms with E-state index in [1.165, 1.54) is 19.3 Å². The Balaban J connectivity index is 1.36. The van der Waals surface area contributed by atoms with E-state index in [4.69, 9.17) is 9.47 Å². The van der Waals surface area contributed by atoms with Gasteiger partial charge in [0.05, 0.1) is 11.1 Å². The summed E-state index contributed by atoms with van der Waals surface area (Å²) in [6.45, 7) is 0.184. The molecule has 6 heteroatoms. The average molecular weight is 363 g/mol. The van der Waals surface area contributed by atoms with Crippen molar-refractivity contribution in [1.82, 2.24) is 10.3 Å². The normalized spacial score (nSPS) is 32.6. The minimum atomic E-state index is -0.160. The van der Waals surface area contributed by atoms with Gasteiger partial charge in [0.2, 0.25) is 6.79 Å². The summed E-state index contributed by atoms with van der Waals surface area (Å²) in [5, 5.41) is 13.8. The number of aromatic amines is 1. The minimum Gasteiger partial charge on any atom is -0.454 e. The number of nitriles is 1. The van der Waals surface area contributed by atoms with E-state index in [9.17, 15) is 10.1 Å². The number of rotatable bonds is 2. The number of aromatic nitrogens is 1. The van der Waals surface area contributed by atoms with E-state index in [0.29, 0.717) is 28.1 Å². The number of nitrogens with zero attached hydrogens (tertiary/aromatic N) is 1. The molecule has 4 saturated carbocycles. The van der Waals surface area contributed by atoms with Crippen LogP contribution in [0.3, 0.4) is 0 Å². The SMILES string of the molecule is N#Cc1c(C(=O)NC23CC4CC(CC(C4)C2)C3)[nH]c2cc3c(cc12)OCO3. The first-order valence-corrected chi connectivity index (χ1v) is 9.80. The van der Waals surface area contributed by atoms with Crippen molar-refractivity contribution in [2.75, 3.05) is 6.79 Å². The van der Waals surface area contributed by atoms with Crippen LogP contribution >= 0.6 is 0 Å². The summed E-state index contributed by atoms with van der Waals surface area (Å²) < 4.78 is 10.8. The molecule has 0 unspecified atom stereocenters. The van der Waals surface area contributed by atoms with Crippen molar-refractivity contribution in [3.05, 3.63) is 23.4 Å². The Bertz CT molecular complexity index is 981. The number of H-pyrrole nitrogens is 1. The van der Waals surface area contributed by atoms with Gasteiger partial charge in [-0.2, -0.15) is 5.26 Å². The molecule has 0 spiro atoms. The highest BCUT2D eigenvalue weighted by Gasteiger charge is 2.51. The van der Waals surface area contributed by atoms with Crippen LogP contribution in [0.1, 0.15) is 54.6 Å². The van der Waals surface area contributed by atoms with E-state index in [2.05, 4.69) is 16.4 Å². The number of carbonyl (C=O) groups excluding carboxylic acids is 1. The summed E-state index contributed by atoms with van der Waals surface area (Å²) in [5.41, 5.74) is 1.38. The largest absolute Gasteiger partial charge is 0.454 e. The molecule has 1 amide bonds. The van der Waals surface area contributed by atoms with Crippen LogP contribution in [-0.2, 0) is 0 Å². The van der Waals surface area contributed by atoms with Crippen LogP contribution in [-0.4, -0.2) is 23.2 Å². The molecule has 1 aromatic carbocycles. The lowest BCUT2D eigenvalue weighted by atomic mass is 9.53. The molecule has 4 fully saturated rings. The predicted octanol–water partition coefficient (Wildman–Crippen LogP) is 3.47. The molecule has 2 heterocycles. The third kappa shape index (κ3) is 2.21. The Morgan fingerprint density at radius 2 is 1.74 bits per heavy atom. The van der Waals surface area contributed by atoms with Crippen molar-refractivity contribution in [3.8, 4) is 17.6 Å². The number of ether oxygens (including phenoxy) is 2. The van der Waals surface area contributed by atoms with E-state index < -0.39 is 0 Å². The molecule has 0 saturated heterocycles. The lowest BCUT2D eigenvalue weighted by Gasteiger charge is -2.56. The highest BCUT2D eigenvalue weighted by molar-refractivity contribution is 6.03. The molecule has 0 atom stereocenters. The van der Waals surface area contributed by atoms with Crippen LogP contribution in [0, 0.1) is 29.1 Å². The highest BCUT2D eigenvalue weighted by atomic mass is 16.7. The first-order valence-electron chi connectivity index (χ1n) is 9.80. The van der Waals surface area contributed by atoms with Crippen molar-refractivity contribution >= 4 is 16.8 Å². The lowest BCUT2D eigenvalue weighted by Crippen LogP contribution is -2.59. The zero-order valence-corrected chi connectivity index (χ0v) is 15.0. The number of carbonyl (C=O) groups is 1. The molecular formula is C21H21N3O3. The number of nitrogens with one attached hydrogen (secondary N) is 2. The van der Waals surface area contributed by atoms with Crippen molar-refractivity contribution < 1.29 is 14.3 Å². The summed E-state index contributed by atoms with van der Waals surface area (Å²) in [6, 6.07) is 5.80. The number of amides is 1. The number of hydrogen-bond donors (Lipinski definition) is 2. The molecule has 2 aromatic rings. The van der Waals surface area contributed by atoms with Crippen LogP contribution in [0.25, 0.3) is 10.9 Å². The third-order valence-corrected chi connectivity index (χ3v) is 7.05. The van der Waals surface area contributed by atoms with Crippen LogP contribution < -0.4 is 14.8 Å². The molecule has 5 aliphatic rings. The van der Waals surface area contributed by atoms with Crippen LogP contribution in [0.15, 0.2) is 12.1 Å². The van der Waals surface area contributed by atoms with Gasteiger partial charge in [0.1, 0.15) is 11.8 Å². The van der Waals surface area contributed by atoms with E-state index >= 15 is 0 Å². The Hall–Kier alpha value is -2.68. The Kier molecular flexibility index (Phi) is 2.96. The molecule has 2 N–H and O–H groups in total. The summed E-state index contributed by atoms with van der Waals surface area (Å²) in [7, 11) is 0. The summed E-state index contributed by atoms with van der Waals surface area (Å²) in [5.74, 6) is 3.37. The van der Waals surface area contributed by atoms with Gasteiger partial charge in [0, 0.05) is 17.0 Å². The zero-order valence-electron chi connectivity index (χ0n) is 15.0. The maximum absolute atomic E-state index is 13.2. The van der Waals surface area contributed by atoms with E-state index in [1.54, 1.807) is 12.1 Å². The molecule has 4 bridgehead atoms. The van der Waals surface area contributed by atoms with Gasteiger partial charge in [0.15, 0.2) is 11.5 Å². The Labute approximate surface area is 156 Å². The highest BCUT2D eigenvalue weighted by Crippen LogP contribution is 2.55. The maximum Gasteiger partial charge on any atom is 0.269 e. The maximum atomic E-state index is 13.2. The fourth-order valence-corrected chi connectivity index (χ4v) is 6.44. The third-order valence-electron chi connectivity index (χ3n) is 7.05. The zero-order chi connectivity index (χ0) is 18.2. The van der Waals surface area contributed by atoms with Gasteiger partial charge >= 0.3 is 0 Å². The van der Waals surface area contributed by atoms with Crippen LogP contribution in [0.4, 0.5) is 0 Å². The predicted molar refractivity (Wildman–Crippen MR) is 97.5 cm³/mol. The molecule has 7 rings (SSSR count). The molecule has 0 radical (unpaired) electrons. The summed E-state index contributed by atoms with van der Waals surface area (Å²) in [6.07, 6.45) is 7.25. The van der Waals surface area contributed by atoms with Gasteiger partial charge in [-0.05, 0) is 62.3 Å². The number of benzene rings is 1.